The Balaban J connectivity index is 1.84. The van der Waals surface area contributed by atoms with Crippen LogP contribution in [-0.4, -0.2) is 26.7 Å². The molecule has 0 bridgehead atoms. The number of anilines is 1. The fraction of sp³-hybridized carbons (Fsp3) is 0.455. The Morgan fingerprint density at radius 2 is 2.18 bits per heavy atom. The zero-order chi connectivity index (χ0) is 11.9. The third-order valence-corrected chi connectivity index (χ3v) is 2.29. The quantitative estimate of drug-likeness (QED) is 0.814. The SMILES string of the molecule is CCCc1cc(NCCc2ncon2)ncn1. The van der Waals surface area contributed by atoms with Crippen molar-refractivity contribution in [2.24, 2.45) is 0 Å². The molecule has 6 nitrogen and oxygen atoms in total. The van der Waals surface area contributed by atoms with Crippen molar-refractivity contribution in [1.29, 1.82) is 0 Å². The summed E-state index contributed by atoms with van der Waals surface area (Å²) in [5.41, 5.74) is 1.06. The van der Waals surface area contributed by atoms with Crippen LogP contribution in [0.5, 0.6) is 0 Å². The molecule has 0 atom stereocenters. The van der Waals surface area contributed by atoms with Gasteiger partial charge in [0.2, 0.25) is 6.39 Å². The summed E-state index contributed by atoms with van der Waals surface area (Å²) >= 11 is 0. The van der Waals surface area contributed by atoms with Crippen molar-refractivity contribution in [3.8, 4) is 0 Å². The van der Waals surface area contributed by atoms with E-state index in [1.54, 1.807) is 6.33 Å². The van der Waals surface area contributed by atoms with Gasteiger partial charge in [-0.1, -0.05) is 18.5 Å². The van der Waals surface area contributed by atoms with Crippen LogP contribution in [0.25, 0.3) is 0 Å². The third-order valence-electron chi connectivity index (χ3n) is 2.29. The summed E-state index contributed by atoms with van der Waals surface area (Å²) < 4.78 is 4.65. The number of nitrogens with one attached hydrogen (secondary N) is 1. The highest BCUT2D eigenvalue weighted by Crippen LogP contribution is 2.05. The Bertz CT molecular complexity index is 443. The van der Waals surface area contributed by atoms with Gasteiger partial charge in [-0.15, -0.1) is 0 Å². The molecule has 0 aliphatic heterocycles. The van der Waals surface area contributed by atoms with Gasteiger partial charge in [-0.05, 0) is 6.42 Å². The van der Waals surface area contributed by atoms with E-state index in [1.807, 2.05) is 6.07 Å². The second-order valence-corrected chi connectivity index (χ2v) is 3.67. The maximum absolute atomic E-state index is 4.65. The van der Waals surface area contributed by atoms with Crippen molar-refractivity contribution in [3.63, 3.8) is 0 Å². The van der Waals surface area contributed by atoms with Crippen molar-refractivity contribution in [1.82, 2.24) is 20.1 Å². The number of hydrogen-bond donors (Lipinski definition) is 1. The topological polar surface area (TPSA) is 76.7 Å². The molecule has 17 heavy (non-hydrogen) atoms. The second-order valence-electron chi connectivity index (χ2n) is 3.67. The average Bonchev–Trinajstić information content (AvgIpc) is 2.83. The van der Waals surface area contributed by atoms with Gasteiger partial charge in [0.25, 0.3) is 0 Å². The number of aryl methyl sites for hydroxylation is 1. The van der Waals surface area contributed by atoms with Crippen LogP contribution in [0.15, 0.2) is 23.3 Å². The molecular formula is C11H15N5O. The van der Waals surface area contributed by atoms with Gasteiger partial charge in [0.15, 0.2) is 5.82 Å². The lowest BCUT2D eigenvalue weighted by Gasteiger charge is -2.04. The number of hydrogen-bond acceptors (Lipinski definition) is 6. The van der Waals surface area contributed by atoms with Gasteiger partial charge >= 0.3 is 0 Å². The number of aromatic nitrogens is 4. The molecule has 0 saturated heterocycles. The van der Waals surface area contributed by atoms with Gasteiger partial charge in [-0.2, -0.15) is 4.98 Å². The Labute approximate surface area is 99.5 Å². The Kier molecular flexibility index (Phi) is 4.01. The highest BCUT2D eigenvalue weighted by atomic mass is 16.5. The standard InChI is InChI=1S/C11H15N5O/c1-2-3-9-6-11(14-7-13-9)12-5-4-10-15-8-17-16-10/h6-8H,2-5H2,1H3,(H,12,13,14). The molecule has 1 N–H and O–H groups in total. The highest BCUT2D eigenvalue weighted by Gasteiger charge is 2.00. The van der Waals surface area contributed by atoms with Crippen molar-refractivity contribution < 1.29 is 4.52 Å². The van der Waals surface area contributed by atoms with Gasteiger partial charge in [0.05, 0.1) is 0 Å². The molecule has 90 valence electrons. The molecule has 0 aromatic carbocycles. The van der Waals surface area contributed by atoms with E-state index in [4.69, 9.17) is 0 Å². The number of rotatable bonds is 6. The van der Waals surface area contributed by atoms with E-state index in [-0.39, 0.29) is 0 Å². The molecule has 6 heteroatoms. The Morgan fingerprint density at radius 3 is 2.94 bits per heavy atom. The monoisotopic (exact) mass is 233 g/mol. The van der Waals surface area contributed by atoms with Crippen LogP contribution in [-0.2, 0) is 12.8 Å². The van der Waals surface area contributed by atoms with Gasteiger partial charge in [-0.3, -0.25) is 0 Å². The van der Waals surface area contributed by atoms with Crippen LogP contribution >= 0.6 is 0 Å². The minimum Gasteiger partial charge on any atom is -0.370 e. The molecule has 0 radical (unpaired) electrons. The third kappa shape index (κ3) is 3.51. The first-order valence-corrected chi connectivity index (χ1v) is 5.68. The molecule has 2 heterocycles. The molecule has 2 rings (SSSR count). The molecule has 0 saturated carbocycles. The maximum Gasteiger partial charge on any atom is 0.213 e. The largest absolute Gasteiger partial charge is 0.370 e. The van der Waals surface area contributed by atoms with Crippen LogP contribution in [0.2, 0.25) is 0 Å². The summed E-state index contributed by atoms with van der Waals surface area (Å²) in [5, 5.41) is 6.94. The summed E-state index contributed by atoms with van der Waals surface area (Å²) in [6, 6.07) is 1.97. The van der Waals surface area contributed by atoms with E-state index in [0.29, 0.717) is 12.2 Å². The zero-order valence-corrected chi connectivity index (χ0v) is 9.76. The van der Waals surface area contributed by atoms with E-state index in [0.717, 1.165) is 30.9 Å². The first-order valence-electron chi connectivity index (χ1n) is 5.68. The summed E-state index contributed by atoms with van der Waals surface area (Å²) in [6.45, 7) is 2.85. The van der Waals surface area contributed by atoms with E-state index >= 15 is 0 Å². The average molecular weight is 233 g/mol. The lowest BCUT2D eigenvalue weighted by Crippen LogP contribution is -2.08. The van der Waals surface area contributed by atoms with Gasteiger partial charge < -0.3 is 9.84 Å². The molecule has 0 unspecified atom stereocenters. The molecule has 2 aromatic rings. The second kappa shape index (κ2) is 5.93. The van der Waals surface area contributed by atoms with E-state index in [9.17, 15) is 0 Å². The van der Waals surface area contributed by atoms with Crippen molar-refractivity contribution in [2.75, 3.05) is 11.9 Å². The predicted molar refractivity (Wildman–Crippen MR) is 62.5 cm³/mol. The summed E-state index contributed by atoms with van der Waals surface area (Å²) in [7, 11) is 0. The van der Waals surface area contributed by atoms with Crippen molar-refractivity contribution in [3.05, 3.63) is 30.3 Å². The van der Waals surface area contributed by atoms with Crippen LogP contribution in [0.1, 0.15) is 24.9 Å². The van der Waals surface area contributed by atoms with Crippen molar-refractivity contribution in [2.45, 2.75) is 26.2 Å². The molecule has 0 fully saturated rings. The van der Waals surface area contributed by atoms with E-state index in [2.05, 4.69) is 36.9 Å². The van der Waals surface area contributed by atoms with Crippen molar-refractivity contribution >= 4 is 5.82 Å². The van der Waals surface area contributed by atoms with Gasteiger partial charge in [-0.25, -0.2) is 9.97 Å². The molecule has 2 aromatic heterocycles. The lowest BCUT2D eigenvalue weighted by atomic mass is 10.2. The fourth-order valence-corrected chi connectivity index (χ4v) is 1.49. The Hall–Kier alpha value is -1.98. The fourth-order valence-electron chi connectivity index (χ4n) is 1.49. The number of nitrogens with zero attached hydrogens (tertiary/aromatic N) is 4. The first-order chi connectivity index (χ1) is 8.38. The molecule has 0 aliphatic rings. The first kappa shape index (κ1) is 11.5. The minimum absolute atomic E-state index is 0.695. The summed E-state index contributed by atoms with van der Waals surface area (Å²) in [4.78, 5) is 12.3. The van der Waals surface area contributed by atoms with E-state index < -0.39 is 0 Å². The summed E-state index contributed by atoms with van der Waals surface area (Å²) in [5.74, 6) is 1.53. The molecule has 0 aliphatic carbocycles. The van der Waals surface area contributed by atoms with Gasteiger partial charge in [0, 0.05) is 24.7 Å². The van der Waals surface area contributed by atoms with Crippen LogP contribution in [0, 0.1) is 0 Å². The van der Waals surface area contributed by atoms with Gasteiger partial charge in [0.1, 0.15) is 12.1 Å². The zero-order valence-electron chi connectivity index (χ0n) is 9.76. The normalized spacial score (nSPS) is 10.4. The lowest BCUT2D eigenvalue weighted by molar-refractivity contribution is 0.410. The smallest absolute Gasteiger partial charge is 0.213 e. The van der Waals surface area contributed by atoms with E-state index in [1.165, 1.54) is 6.39 Å². The van der Waals surface area contributed by atoms with Crippen LogP contribution < -0.4 is 5.32 Å². The van der Waals surface area contributed by atoms with Crippen LogP contribution in [0.3, 0.4) is 0 Å². The summed E-state index contributed by atoms with van der Waals surface area (Å²) in [6.07, 6.45) is 5.69. The molecule has 0 amide bonds. The highest BCUT2D eigenvalue weighted by molar-refractivity contribution is 5.34. The van der Waals surface area contributed by atoms with Crippen LogP contribution in [0.4, 0.5) is 5.82 Å². The maximum atomic E-state index is 4.65. The minimum atomic E-state index is 0.695. The predicted octanol–water partition coefficient (Wildman–Crippen LogP) is 1.47. The Morgan fingerprint density at radius 1 is 1.24 bits per heavy atom. The molecule has 0 spiro atoms. The molecular weight excluding hydrogens is 218 g/mol.